The number of nitrogens with one attached hydrogen (secondary N) is 1. The fourth-order valence-corrected chi connectivity index (χ4v) is 4.28. The molecular formula is C19H24FN5O4S. The number of nitrogens with two attached hydrogens (primary N) is 1. The normalized spacial score (nSPS) is 15.7. The summed E-state index contributed by atoms with van der Waals surface area (Å²) in [5.41, 5.74) is 6.25. The smallest absolute Gasteiger partial charge is 0.224 e. The predicted molar refractivity (Wildman–Crippen MR) is 111 cm³/mol. The average molecular weight is 437 g/mol. The molecule has 1 aliphatic heterocycles. The first-order valence-electron chi connectivity index (χ1n) is 9.33. The molecule has 0 spiro atoms. The molecule has 0 amide bonds. The highest BCUT2D eigenvalue weighted by molar-refractivity contribution is 7.88. The number of benzene rings is 1. The molecule has 30 heavy (non-hydrogen) atoms. The molecule has 11 heteroatoms. The van der Waals surface area contributed by atoms with Crippen molar-refractivity contribution >= 4 is 27.6 Å². The summed E-state index contributed by atoms with van der Waals surface area (Å²) in [6.45, 7) is 2.29. The van der Waals surface area contributed by atoms with Crippen molar-refractivity contribution in [1.29, 1.82) is 0 Å². The highest BCUT2D eigenvalue weighted by atomic mass is 32.2. The first-order valence-corrected chi connectivity index (χ1v) is 11.2. The summed E-state index contributed by atoms with van der Waals surface area (Å²) < 4.78 is 43.8. The van der Waals surface area contributed by atoms with Crippen molar-refractivity contribution < 1.29 is 22.3 Å². The van der Waals surface area contributed by atoms with Gasteiger partial charge < -0.3 is 15.8 Å². The number of ether oxygens (including phenoxy) is 1. The Bertz CT molecular complexity index is 1070. The van der Waals surface area contributed by atoms with Crippen molar-refractivity contribution in [1.82, 2.24) is 14.3 Å². The van der Waals surface area contributed by atoms with Crippen LogP contribution in [-0.4, -0.2) is 61.0 Å². The monoisotopic (exact) mass is 437 g/mol. The largest absolute Gasteiger partial charge is 0.496 e. The maximum atomic E-state index is 14.0. The van der Waals surface area contributed by atoms with Crippen molar-refractivity contribution in [3.63, 3.8) is 0 Å². The molecule has 0 bridgehead atoms. The zero-order valence-electron chi connectivity index (χ0n) is 17.0. The number of sulfonamides is 1. The van der Waals surface area contributed by atoms with Crippen LogP contribution in [0.25, 0.3) is 0 Å². The predicted octanol–water partition coefficient (Wildman–Crippen LogP) is 1.58. The molecule has 1 aliphatic rings. The lowest BCUT2D eigenvalue weighted by Gasteiger charge is -2.30. The number of hydrogen-bond acceptors (Lipinski definition) is 8. The van der Waals surface area contributed by atoms with E-state index in [1.807, 2.05) is 0 Å². The molecule has 162 valence electrons. The lowest BCUT2D eigenvalue weighted by molar-refractivity contribution is 0.103. The van der Waals surface area contributed by atoms with E-state index >= 15 is 0 Å². The molecule has 0 radical (unpaired) electrons. The third-order valence-electron chi connectivity index (χ3n) is 5.13. The van der Waals surface area contributed by atoms with Gasteiger partial charge in [-0.3, -0.25) is 4.79 Å². The van der Waals surface area contributed by atoms with Crippen LogP contribution in [0.2, 0.25) is 0 Å². The van der Waals surface area contributed by atoms with E-state index < -0.39 is 21.6 Å². The SMILES string of the molecule is COc1ccc(F)c(C)c1C(=O)c1cnc(NC2CCN(S(C)(=O)=O)CC2)nc1N. The Morgan fingerprint density at radius 3 is 2.57 bits per heavy atom. The van der Waals surface area contributed by atoms with E-state index in [4.69, 9.17) is 10.5 Å². The number of anilines is 2. The Labute approximate surface area is 174 Å². The molecule has 3 rings (SSSR count). The van der Waals surface area contributed by atoms with Crippen molar-refractivity contribution in [2.24, 2.45) is 0 Å². The molecule has 1 fully saturated rings. The molecule has 9 nitrogen and oxygen atoms in total. The van der Waals surface area contributed by atoms with Gasteiger partial charge in [0.1, 0.15) is 17.4 Å². The molecule has 0 saturated carbocycles. The highest BCUT2D eigenvalue weighted by Crippen LogP contribution is 2.28. The van der Waals surface area contributed by atoms with Crippen molar-refractivity contribution in [2.75, 3.05) is 37.5 Å². The van der Waals surface area contributed by atoms with E-state index in [1.54, 1.807) is 0 Å². The van der Waals surface area contributed by atoms with Crippen LogP contribution in [0.3, 0.4) is 0 Å². The minimum absolute atomic E-state index is 0.0190. The Hall–Kier alpha value is -2.79. The second-order valence-corrected chi connectivity index (χ2v) is 9.13. The summed E-state index contributed by atoms with van der Waals surface area (Å²) in [7, 11) is -1.81. The maximum Gasteiger partial charge on any atom is 0.224 e. The number of rotatable bonds is 6. The van der Waals surface area contributed by atoms with Gasteiger partial charge in [0.2, 0.25) is 21.8 Å². The number of hydrogen-bond donors (Lipinski definition) is 2. The van der Waals surface area contributed by atoms with E-state index in [0.29, 0.717) is 25.9 Å². The summed E-state index contributed by atoms with van der Waals surface area (Å²) in [5.74, 6) is -0.633. The zero-order chi connectivity index (χ0) is 22.1. The first kappa shape index (κ1) is 21.9. The van der Waals surface area contributed by atoms with E-state index in [-0.39, 0.29) is 40.2 Å². The van der Waals surface area contributed by atoms with Crippen LogP contribution in [0.15, 0.2) is 18.3 Å². The van der Waals surface area contributed by atoms with E-state index in [2.05, 4.69) is 15.3 Å². The average Bonchev–Trinajstić information content (AvgIpc) is 2.69. The Kier molecular flexibility index (Phi) is 6.22. The highest BCUT2D eigenvalue weighted by Gasteiger charge is 2.26. The van der Waals surface area contributed by atoms with Gasteiger partial charge in [-0.25, -0.2) is 22.1 Å². The molecule has 2 aromatic rings. The maximum absolute atomic E-state index is 14.0. The second-order valence-electron chi connectivity index (χ2n) is 7.15. The Morgan fingerprint density at radius 2 is 2.00 bits per heavy atom. The summed E-state index contributed by atoms with van der Waals surface area (Å²) >= 11 is 0. The van der Waals surface area contributed by atoms with Gasteiger partial charge in [-0.15, -0.1) is 0 Å². The first-order chi connectivity index (χ1) is 14.1. The van der Waals surface area contributed by atoms with Gasteiger partial charge in [0, 0.05) is 25.3 Å². The van der Waals surface area contributed by atoms with Crippen LogP contribution in [0.5, 0.6) is 5.75 Å². The summed E-state index contributed by atoms with van der Waals surface area (Å²) in [5, 5.41) is 3.12. The van der Waals surface area contributed by atoms with E-state index in [9.17, 15) is 17.6 Å². The third-order valence-corrected chi connectivity index (χ3v) is 6.43. The van der Waals surface area contributed by atoms with E-state index in [0.717, 1.165) is 0 Å². The lowest BCUT2D eigenvalue weighted by Crippen LogP contribution is -2.42. The molecule has 0 aliphatic carbocycles. The van der Waals surface area contributed by atoms with Gasteiger partial charge in [0.15, 0.2) is 0 Å². The number of aromatic nitrogens is 2. The number of carbonyl (C=O) groups is 1. The van der Waals surface area contributed by atoms with Crippen molar-refractivity contribution in [3.8, 4) is 5.75 Å². The molecular weight excluding hydrogens is 413 g/mol. The Balaban J connectivity index is 1.77. The fourth-order valence-electron chi connectivity index (χ4n) is 3.40. The van der Waals surface area contributed by atoms with Gasteiger partial charge in [-0.05, 0) is 37.5 Å². The topological polar surface area (TPSA) is 128 Å². The molecule has 1 aromatic carbocycles. The van der Waals surface area contributed by atoms with Gasteiger partial charge in [0.05, 0.1) is 24.5 Å². The third kappa shape index (κ3) is 4.51. The van der Waals surface area contributed by atoms with Crippen LogP contribution in [0, 0.1) is 12.7 Å². The molecule has 1 saturated heterocycles. The summed E-state index contributed by atoms with van der Waals surface area (Å²) in [4.78, 5) is 21.3. The van der Waals surface area contributed by atoms with E-state index in [1.165, 1.54) is 42.9 Å². The second kappa shape index (κ2) is 8.52. The number of nitrogen functional groups attached to an aromatic ring is 1. The van der Waals surface area contributed by atoms with Crippen LogP contribution in [-0.2, 0) is 10.0 Å². The minimum atomic E-state index is -3.20. The zero-order valence-corrected chi connectivity index (χ0v) is 17.8. The van der Waals surface area contributed by atoms with Crippen molar-refractivity contribution in [3.05, 3.63) is 40.8 Å². The summed E-state index contributed by atoms with van der Waals surface area (Å²) in [6, 6.07) is 2.59. The molecule has 3 N–H and O–H groups in total. The van der Waals surface area contributed by atoms with Crippen LogP contribution in [0.4, 0.5) is 16.2 Å². The standard InChI is InChI=1S/C19H24FN5O4S/c1-11-14(20)4-5-15(29-2)16(11)17(26)13-10-22-19(24-18(13)21)23-12-6-8-25(9-7-12)30(3,27)28/h4-5,10,12H,6-9H2,1-3H3,(H3,21,22,23,24). The fraction of sp³-hybridized carbons (Fsp3) is 0.421. The molecule has 0 unspecified atom stereocenters. The van der Waals surface area contributed by atoms with Crippen LogP contribution < -0.4 is 15.8 Å². The minimum Gasteiger partial charge on any atom is -0.496 e. The summed E-state index contributed by atoms with van der Waals surface area (Å²) in [6.07, 6.45) is 3.67. The molecule has 0 atom stereocenters. The van der Waals surface area contributed by atoms with Crippen LogP contribution in [0.1, 0.15) is 34.3 Å². The van der Waals surface area contributed by atoms with Gasteiger partial charge in [0.25, 0.3) is 0 Å². The number of piperidine rings is 1. The lowest BCUT2D eigenvalue weighted by atomic mass is 9.98. The van der Waals surface area contributed by atoms with Gasteiger partial charge in [-0.2, -0.15) is 4.98 Å². The number of ketones is 1. The number of halogens is 1. The number of nitrogens with zero attached hydrogens (tertiary/aromatic N) is 3. The van der Waals surface area contributed by atoms with Crippen LogP contribution >= 0.6 is 0 Å². The molecule has 2 heterocycles. The number of carbonyl (C=O) groups excluding carboxylic acids is 1. The Morgan fingerprint density at radius 1 is 1.33 bits per heavy atom. The van der Waals surface area contributed by atoms with Gasteiger partial charge in [-0.1, -0.05) is 0 Å². The number of methoxy groups -OCH3 is 1. The van der Waals surface area contributed by atoms with Gasteiger partial charge >= 0.3 is 0 Å². The molecule has 1 aromatic heterocycles. The quantitative estimate of drug-likeness (QED) is 0.652. The van der Waals surface area contributed by atoms with Crippen molar-refractivity contribution in [2.45, 2.75) is 25.8 Å².